The van der Waals surface area contributed by atoms with Gasteiger partial charge in [0.1, 0.15) is 5.69 Å². The monoisotopic (exact) mass is 403 g/mol. The number of primary amides is 1. The number of rotatable bonds is 3. The average molecular weight is 403 g/mol. The highest BCUT2D eigenvalue weighted by Gasteiger charge is 2.49. The molecular formula is C21H20F3N3O2. The SMILES string of the molecule is Cc1cc(C(C)(C)C(F)(F)F)c(C)cc1-c1cc(=O)c2c(C(N)=O)nccc2[nH]1. The second kappa shape index (κ2) is 6.72. The van der Waals surface area contributed by atoms with Crippen LogP contribution in [0.1, 0.15) is 41.0 Å². The second-order valence-electron chi connectivity index (χ2n) is 7.60. The summed E-state index contributed by atoms with van der Waals surface area (Å²) in [5, 5.41) is 0.0768. The zero-order valence-corrected chi connectivity index (χ0v) is 16.4. The summed E-state index contributed by atoms with van der Waals surface area (Å²) in [6.45, 7) is 5.59. The predicted octanol–water partition coefficient (Wildman–Crippen LogP) is 4.15. The number of aromatic nitrogens is 2. The van der Waals surface area contributed by atoms with E-state index in [1.165, 1.54) is 24.4 Å². The minimum Gasteiger partial charge on any atom is -0.364 e. The molecule has 0 aliphatic carbocycles. The molecule has 152 valence electrons. The molecule has 0 saturated carbocycles. The van der Waals surface area contributed by atoms with Crippen molar-refractivity contribution in [2.75, 3.05) is 0 Å². The van der Waals surface area contributed by atoms with Gasteiger partial charge in [0.15, 0.2) is 5.43 Å². The van der Waals surface area contributed by atoms with Gasteiger partial charge in [-0.2, -0.15) is 13.2 Å². The molecule has 29 heavy (non-hydrogen) atoms. The molecule has 3 N–H and O–H groups in total. The molecule has 0 fully saturated rings. The van der Waals surface area contributed by atoms with E-state index in [1.54, 1.807) is 19.9 Å². The molecular weight excluding hydrogens is 383 g/mol. The van der Waals surface area contributed by atoms with Crippen LogP contribution in [-0.2, 0) is 5.41 Å². The van der Waals surface area contributed by atoms with E-state index in [4.69, 9.17) is 5.73 Å². The van der Waals surface area contributed by atoms with Gasteiger partial charge in [0.05, 0.1) is 16.3 Å². The molecule has 1 aromatic carbocycles. The Balaban J connectivity index is 2.23. The van der Waals surface area contributed by atoms with Crippen molar-refractivity contribution in [3.63, 3.8) is 0 Å². The highest BCUT2D eigenvalue weighted by Crippen LogP contribution is 2.43. The summed E-state index contributed by atoms with van der Waals surface area (Å²) in [6.07, 6.45) is -3.05. The van der Waals surface area contributed by atoms with Gasteiger partial charge in [0, 0.05) is 23.5 Å². The van der Waals surface area contributed by atoms with Crippen LogP contribution >= 0.6 is 0 Å². The first-order valence-electron chi connectivity index (χ1n) is 8.85. The van der Waals surface area contributed by atoms with Crippen LogP contribution in [0.25, 0.3) is 22.2 Å². The number of carbonyl (C=O) groups excluding carboxylic acids is 1. The lowest BCUT2D eigenvalue weighted by Gasteiger charge is -2.30. The van der Waals surface area contributed by atoms with Gasteiger partial charge in [-0.1, -0.05) is 6.07 Å². The first-order valence-corrected chi connectivity index (χ1v) is 8.85. The molecule has 0 spiro atoms. The highest BCUT2D eigenvalue weighted by atomic mass is 19.4. The number of alkyl halides is 3. The van der Waals surface area contributed by atoms with Gasteiger partial charge in [-0.25, -0.2) is 0 Å². The van der Waals surface area contributed by atoms with Gasteiger partial charge in [-0.15, -0.1) is 0 Å². The Labute approximate surface area is 164 Å². The maximum atomic E-state index is 13.5. The van der Waals surface area contributed by atoms with Crippen molar-refractivity contribution in [1.82, 2.24) is 9.97 Å². The molecule has 0 unspecified atom stereocenters. The molecule has 0 saturated heterocycles. The van der Waals surface area contributed by atoms with E-state index >= 15 is 0 Å². The van der Waals surface area contributed by atoms with E-state index in [1.807, 2.05) is 0 Å². The highest BCUT2D eigenvalue weighted by molar-refractivity contribution is 6.03. The van der Waals surface area contributed by atoms with Crippen molar-refractivity contribution in [2.45, 2.75) is 39.3 Å². The van der Waals surface area contributed by atoms with Crippen LogP contribution in [0.2, 0.25) is 0 Å². The molecule has 1 amide bonds. The zero-order chi connectivity index (χ0) is 21.7. The summed E-state index contributed by atoms with van der Waals surface area (Å²) < 4.78 is 40.5. The predicted molar refractivity (Wildman–Crippen MR) is 105 cm³/mol. The molecule has 3 rings (SSSR count). The Hall–Kier alpha value is -3.16. The fourth-order valence-electron chi connectivity index (χ4n) is 3.46. The van der Waals surface area contributed by atoms with E-state index in [0.717, 1.165) is 13.8 Å². The lowest BCUT2D eigenvalue weighted by Crippen LogP contribution is -2.37. The number of aryl methyl sites for hydroxylation is 2. The molecule has 8 heteroatoms. The van der Waals surface area contributed by atoms with Gasteiger partial charge >= 0.3 is 6.18 Å². The topological polar surface area (TPSA) is 88.8 Å². The van der Waals surface area contributed by atoms with Gasteiger partial charge in [-0.3, -0.25) is 14.6 Å². The molecule has 0 atom stereocenters. The number of pyridine rings is 2. The Morgan fingerprint density at radius 1 is 1.10 bits per heavy atom. The van der Waals surface area contributed by atoms with E-state index in [-0.39, 0.29) is 16.6 Å². The van der Waals surface area contributed by atoms with E-state index in [0.29, 0.717) is 27.9 Å². The van der Waals surface area contributed by atoms with Gasteiger partial charge < -0.3 is 10.7 Å². The van der Waals surface area contributed by atoms with Gasteiger partial charge in [0.25, 0.3) is 5.91 Å². The molecule has 0 aliphatic heterocycles. The molecule has 2 aromatic heterocycles. The van der Waals surface area contributed by atoms with Crippen molar-refractivity contribution in [2.24, 2.45) is 5.73 Å². The number of halogens is 3. The van der Waals surface area contributed by atoms with Gasteiger partial charge in [-0.05, 0) is 56.5 Å². The number of amides is 1. The van der Waals surface area contributed by atoms with Crippen molar-refractivity contribution in [3.05, 3.63) is 63.1 Å². The van der Waals surface area contributed by atoms with E-state index < -0.39 is 22.9 Å². The van der Waals surface area contributed by atoms with Crippen LogP contribution in [0.3, 0.4) is 0 Å². The van der Waals surface area contributed by atoms with Crippen molar-refractivity contribution in [3.8, 4) is 11.3 Å². The van der Waals surface area contributed by atoms with E-state index in [9.17, 15) is 22.8 Å². The third-order valence-corrected chi connectivity index (χ3v) is 5.22. The summed E-state index contributed by atoms with van der Waals surface area (Å²) in [5.41, 5.74) is 5.31. The summed E-state index contributed by atoms with van der Waals surface area (Å²) in [6, 6.07) is 5.97. The number of nitrogens with two attached hydrogens (primary N) is 1. The number of hydrogen-bond donors (Lipinski definition) is 2. The zero-order valence-electron chi connectivity index (χ0n) is 16.4. The first-order chi connectivity index (χ1) is 13.3. The number of fused-ring (bicyclic) bond motifs is 1. The van der Waals surface area contributed by atoms with Crippen LogP contribution in [-0.4, -0.2) is 22.1 Å². The standard InChI is InChI=1S/C21H20F3N3O2/c1-10-8-13(20(3,4)21(22,23)24)11(2)7-12(10)15-9-16(28)17-14(27-15)5-6-26-18(17)19(25)29/h5-9H,1-4H3,(H2,25,29)(H,27,28). The number of hydrogen-bond acceptors (Lipinski definition) is 3. The molecule has 3 aromatic rings. The third kappa shape index (κ3) is 3.39. The normalized spacial score (nSPS) is 12.4. The number of carbonyl (C=O) groups is 1. The van der Waals surface area contributed by atoms with Crippen LogP contribution in [0.4, 0.5) is 13.2 Å². The first kappa shape index (κ1) is 20.6. The number of aromatic amines is 1. The molecule has 0 radical (unpaired) electrons. The largest absolute Gasteiger partial charge is 0.397 e. The summed E-state index contributed by atoms with van der Waals surface area (Å²) in [4.78, 5) is 31.1. The summed E-state index contributed by atoms with van der Waals surface area (Å²) in [5.74, 6) is -0.820. The number of benzene rings is 1. The molecule has 5 nitrogen and oxygen atoms in total. The maximum absolute atomic E-state index is 13.5. The fraction of sp³-hybridized carbons (Fsp3) is 0.286. The van der Waals surface area contributed by atoms with Crippen LogP contribution in [0, 0.1) is 13.8 Å². The van der Waals surface area contributed by atoms with Crippen LogP contribution in [0.5, 0.6) is 0 Å². The lowest BCUT2D eigenvalue weighted by atomic mass is 9.79. The second-order valence-corrected chi connectivity index (χ2v) is 7.60. The lowest BCUT2D eigenvalue weighted by molar-refractivity contribution is -0.180. The van der Waals surface area contributed by atoms with Crippen molar-refractivity contribution < 1.29 is 18.0 Å². The Morgan fingerprint density at radius 2 is 1.76 bits per heavy atom. The van der Waals surface area contributed by atoms with Crippen LogP contribution in [0.15, 0.2) is 35.3 Å². The molecule has 0 bridgehead atoms. The van der Waals surface area contributed by atoms with Crippen LogP contribution < -0.4 is 11.2 Å². The Kier molecular flexibility index (Phi) is 4.77. The summed E-state index contributed by atoms with van der Waals surface area (Å²) >= 11 is 0. The Bertz CT molecular complexity index is 1190. The van der Waals surface area contributed by atoms with Crippen molar-refractivity contribution in [1.29, 1.82) is 0 Å². The minimum absolute atomic E-state index is 0.0768. The fourth-order valence-corrected chi connectivity index (χ4v) is 3.46. The van der Waals surface area contributed by atoms with E-state index in [2.05, 4.69) is 9.97 Å². The number of nitrogens with zero attached hydrogens (tertiary/aromatic N) is 1. The number of H-pyrrole nitrogens is 1. The minimum atomic E-state index is -4.40. The van der Waals surface area contributed by atoms with Crippen molar-refractivity contribution >= 4 is 16.8 Å². The smallest absolute Gasteiger partial charge is 0.364 e. The maximum Gasteiger partial charge on any atom is 0.397 e. The summed E-state index contributed by atoms with van der Waals surface area (Å²) in [7, 11) is 0. The third-order valence-electron chi connectivity index (χ3n) is 5.22. The Morgan fingerprint density at radius 3 is 2.34 bits per heavy atom. The number of nitrogens with one attached hydrogen (secondary N) is 1. The van der Waals surface area contributed by atoms with Gasteiger partial charge in [0.2, 0.25) is 0 Å². The molecule has 2 heterocycles. The quantitative estimate of drug-likeness (QED) is 0.689. The average Bonchev–Trinajstić information content (AvgIpc) is 2.61. The molecule has 0 aliphatic rings.